The molecule has 28 heavy (non-hydrogen) atoms. The summed E-state index contributed by atoms with van der Waals surface area (Å²) in [6, 6.07) is 10.6. The van der Waals surface area contributed by atoms with Crippen LogP contribution in [0.15, 0.2) is 51.7 Å². The van der Waals surface area contributed by atoms with Gasteiger partial charge < -0.3 is 9.84 Å². The van der Waals surface area contributed by atoms with E-state index < -0.39 is 15.9 Å². The second-order valence-electron chi connectivity index (χ2n) is 6.20. The SMILES string of the molecule is CCCCNC(=O)c1c(-c2ccsc2)noc1NS(=O)(=O)Cc1ccccc1. The molecule has 148 valence electrons. The number of nitrogens with one attached hydrogen (secondary N) is 2. The van der Waals surface area contributed by atoms with Crippen LogP contribution in [-0.4, -0.2) is 26.0 Å². The molecule has 0 bridgehead atoms. The van der Waals surface area contributed by atoms with E-state index >= 15 is 0 Å². The minimum atomic E-state index is -3.79. The van der Waals surface area contributed by atoms with E-state index in [-0.39, 0.29) is 17.2 Å². The third-order valence-corrected chi connectivity index (χ3v) is 5.87. The second-order valence-corrected chi connectivity index (χ2v) is 8.71. The predicted octanol–water partition coefficient (Wildman–Crippen LogP) is 3.87. The van der Waals surface area contributed by atoms with E-state index in [0.717, 1.165) is 12.8 Å². The fourth-order valence-electron chi connectivity index (χ4n) is 2.60. The molecule has 1 amide bonds. The summed E-state index contributed by atoms with van der Waals surface area (Å²) in [4.78, 5) is 12.7. The van der Waals surface area contributed by atoms with Gasteiger partial charge in [-0.05, 0) is 23.4 Å². The summed E-state index contributed by atoms with van der Waals surface area (Å²) in [6.45, 7) is 2.51. The van der Waals surface area contributed by atoms with Gasteiger partial charge in [0.2, 0.25) is 10.0 Å². The number of hydrogen-bond donors (Lipinski definition) is 2. The van der Waals surface area contributed by atoms with Gasteiger partial charge in [0.1, 0.15) is 11.3 Å². The number of sulfonamides is 1. The van der Waals surface area contributed by atoms with Crippen LogP contribution in [0.2, 0.25) is 0 Å². The lowest BCUT2D eigenvalue weighted by molar-refractivity contribution is 0.0954. The van der Waals surface area contributed by atoms with Crippen LogP contribution in [0.3, 0.4) is 0 Å². The fraction of sp³-hybridized carbons (Fsp3) is 0.263. The van der Waals surface area contributed by atoms with Gasteiger partial charge >= 0.3 is 0 Å². The molecule has 2 aromatic heterocycles. The van der Waals surface area contributed by atoms with Gasteiger partial charge in [0, 0.05) is 17.5 Å². The van der Waals surface area contributed by atoms with Gasteiger partial charge in [-0.3, -0.25) is 4.79 Å². The smallest absolute Gasteiger partial charge is 0.259 e. The molecule has 2 heterocycles. The molecule has 0 radical (unpaired) electrons. The first-order chi connectivity index (χ1) is 13.5. The van der Waals surface area contributed by atoms with Crippen molar-refractivity contribution in [2.45, 2.75) is 25.5 Å². The number of benzene rings is 1. The number of carbonyl (C=O) groups excluding carboxylic acids is 1. The highest BCUT2D eigenvalue weighted by Crippen LogP contribution is 2.31. The minimum Gasteiger partial charge on any atom is -0.352 e. The first kappa shape index (κ1) is 20.1. The van der Waals surface area contributed by atoms with Gasteiger partial charge in [0.15, 0.2) is 0 Å². The van der Waals surface area contributed by atoms with Crippen molar-refractivity contribution in [2.24, 2.45) is 0 Å². The van der Waals surface area contributed by atoms with Crippen LogP contribution in [0.4, 0.5) is 5.88 Å². The third kappa shape index (κ3) is 4.99. The van der Waals surface area contributed by atoms with Crippen molar-refractivity contribution in [3.8, 4) is 11.3 Å². The average Bonchev–Trinajstić information content (AvgIpc) is 3.31. The summed E-state index contributed by atoms with van der Waals surface area (Å²) in [5, 5.41) is 10.4. The zero-order valence-corrected chi connectivity index (χ0v) is 17.0. The number of hydrogen-bond acceptors (Lipinski definition) is 6. The molecule has 0 atom stereocenters. The van der Waals surface area contributed by atoms with Crippen molar-refractivity contribution in [3.05, 3.63) is 58.3 Å². The Bertz CT molecular complexity index is 1010. The molecule has 1 aromatic carbocycles. The van der Waals surface area contributed by atoms with Gasteiger partial charge in [0.25, 0.3) is 11.8 Å². The molecular weight excluding hydrogens is 398 g/mol. The monoisotopic (exact) mass is 419 g/mol. The summed E-state index contributed by atoms with van der Waals surface area (Å²) in [6.07, 6.45) is 1.75. The minimum absolute atomic E-state index is 0.0890. The molecular formula is C19H21N3O4S2. The van der Waals surface area contributed by atoms with Crippen LogP contribution in [0.5, 0.6) is 0 Å². The number of thiophene rings is 1. The van der Waals surface area contributed by atoms with E-state index in [4.69, 9.17) is 4.52 Å². The summed E-state index contributed by atoms with van der Waals surface area (Å²) in [7, 11) is -3.79. The highest BCUT2D eigenvalue weighted by Gasteiger charge is 2.27. The predicted molar refractivity (Wildman–Crippen MR) is 110 cm³/mol. The summed E-state index contributed by atoms with van der Waals surface area (Å²) >= 11 is 1.45. The lowest BCUT2D eigenvalue weighted by Gasteiger charge is -2.08. The van der Waals surface area contributed by atoms with Gasteiger partial charge in [-0.15, -0.1) is 0 Å². The van der Waals surface area contributed by atoms with Crippen molar-refractivity contribution in [3.63, 3.8) is 0 Å². The summed E-state index contributed by atoms with van der Waals surface area (Å²) < 4.78 is 32.7. The van der Waals surface area contributed by atoms with E-state index in [1.807, 2.05) is 23.8 Å². The fourth-order valence-corrected chi connectivity index (χ4v) is 4.37. The molecule has 0 spiro atoms. The number of nitrogens with zero attached hydrogens (tertiary/aromatic N) is 1. The number of unbranched alkanes of at least 4 members (excludes halogenated alkanes) is 1. The van der Waals surface area contributed by atoms with E-state index in [0.29, 0.717) is 23.4 Å². The molecule has 0 aliphatic heterocycles. The van der Waals surface area contributed by atoms with Gasteiger partial charge in [-0.2, -0.15) is 11.3 Å². The molecule has 0 fully saturated rings. The maximum Gasteiger partial charge on any atom is 0.259 e. The Kier molecular flexibility index (Phi) is 6.48. The average molecular weight is 420 g/mol. The molecule has 0 saturated heterocycles. The normalized spacial score (nSPS) is 11.3. The van der Waals surface area contributed by atoms with Crippen LogP contribution in [-0.2, 0) is 15.8 Å². The number of carbonyl (C=O) groups is 1. The number of aromatic nitrogens is 1. The van der Waals surface area contributed by atoms with Crippen molar-refractivity contribution >= 4 is 33.2 Å². The molecule has 3 aromatic rings. The highest BCUT2D eigenvalue weighted by atomic mass is 32.2. The van der Waals surface area contributed by atoms with Crippen molar-refractivity contribution in [2.75, 3.05) is 11.3 Å². The maximum atomic E-state index is 12.7. The van der Waals surface area contributed by atoms with E-state index in [1.165, 1.54) is 11.3 Å². The van der Waals surface area contributed by atoms with E-state index in [9.17, 15) is 13.2 Å². The third-order valence-electron chi connectivity index (χ3n) is 3.98. The lowest BCUT2D eigenvalue weighted by atomic mass is 10.1. The van der Waals surface area contributed by atoms with Crippen molar-refractivity contribution in [1.29, 1.82) is 0 Å². The molecule has 0 aliphatic carbocycles. The Morgan fingerprint density at radius 1 is 1.21 bits per heavy atom. The second kappa shape index (κ2) is 9.03. The van der Waals surface area contributed by atoms with Crippen LogP contribution in [0, 0.1) is 0 Å². The Hall–Kier alpha value is -2.65. The Labute approximate surface area is 167 Å². The first-order valence-corrected chi connectivity index (χ1v) is 11.4. The number of amides is 1. The first-order valence-electron chi connectivity index (χ1n) is 8.85. The molecule has 3 rings (SSSR count). The standard InChI is InChI=1S/C19H21N3O4S2/c1-2-3-10-20-18(23)16-17(15-9-11-27-12-15)21-26-19(16)22-28(24,25)13-14-7-5-4-6-8-14/h4-9,11-12,22H,2-3,10,13H2,1H3,(H,20,23). The lowest BCUT2D eigenvalue weighted by Crippen LogP contribution is -2.26. The number of anilines is 1. The van der Waals surface area contributed by atoms with Gasteiger partial charge in [0.05, 0.1) is 5.75 Å². The molecule has 0 unspecified atom stereocenters. The molecule has 2 N–H and O–H groups in total. The van der Waals surface area contributed by atoms with Crippen molar-refractivity contribution in [1.82, 2.24) is 10.5 Å². The zero-order valence-electron chi connectivity index (χ0n) is 15.3. The summed E-state index contributed by atoms with van der Waals surface area (Å²) in [5.74, 6) is -0.835. The van der Waals surface area contributed by atoms with Gasteiger partial charge in [-0.1, -0.05) is 48.8 Å². The zero-order chi connectivity index (χ0) is 20.0. The van der Waals surface area contributed by atoms with Crippen molar-refractivity contribution < 1.29 is 17.7 Å². The Balaban J connectivity index is 1.88. The van der Waals surface area contributed by atoms with Crippen LogP contribution in [0.25, 0.3) is 11.3 Å². The number of rotatable bonds is 9. The molecule has 7 nitrogen and oxygen atoms in total. The van der Waals surface area contributed by atoms with Gasteiger partial charge in [-0.25, -0.2) is 13.1 Å². The Morgan fingerprint density at radius 2 is 2.00 bits per heavy atom. The topological polar surface area (TPSA) is 101 Å². The molecule has 9 heteroatoms. The maximum absolute atomic E-state index is 12.7. The van der Waals surface area contributed by atoms with Crippen LogP contribution >= 0.6 is 11.3 Å². The largest absolute Gasteiger partial charge is 0.352 e. The van der Waals surface area contributed by atoms with E-state index in [1.54, 1.807) is 30.3 Å². The molecule has 0 saturated carbocycles. The van der Waals surface area contributed by atoms with Crippen LogP contribution in [0.1, 0.15) is 35.7 Å². The highest BCUT2D eigenvalue weighted by molar-refractivity contribution is 7.91. The Morgan fingerprint density at radius 3 is 2.68 bits per heavy atom. The van der Waals surface area contributed by atoms with Crippen LogP contribution < -0.4 is 10.0 Å². The quantitative estimate of drug-likeness (QED) is 0.513. The molecule has 0 aliphatic rings. The summed E-state index contributed by atoms with van der Waals surface area (Å²) in [5.41, 5.74) is 1.73. The van der Waals surface area contributed by atoms with E-state index in [2.05, 4.69) is 15.2 Å².